The summed E-state index contributed by atoms with van der Waals surface area (Å²) in [6, 6.07) is 0. The minimum atomic E-state index is -0.875. The fourth-order valence-electron chi connectivity index (χ4n) is 2.03. The molecule has 0 atom stereocenters. The Balaban J connectivity index is 3.49. The average molecular weight is 318 g/mol. The predicted octanol–water partition coefficient (Wildman–Crippen LogP) is 5.66. The van der Waals surface area contributed by atoms with E-state index >= 15 is 0 Å². The molecule has 0 aromatic carbocycles. The number of rotatable bonds is 11. The molecule has 0 aromatic heterocycles. The first kappa shape index (κ1) is 15.8. The Morgan fingerprint density at radius 3 is 1.47 bits per heavy atom. The van der Waals surface area contributed by atoms with Gasteiger partial charge in [-0.2, -0.15) is 0 Å². The molecule has 1 heteroatoms. The van der Waals surface area contributed by atoms with Crippen LogP contribution in [0.5, 0.6) is 0 Å². The van der Waals surface area contributed by atoms with Crippen molar-refractivity contribution in [2.75, 3.05) is 0 Å². The van der Waals surface area contributed by atoms with Gasteiger partial charge in [-0.05, 0) is 0 Å². The predicted molar refractivity (Wildman–Crippen MR) is 74.1 cm³/mol. The fourth-order valence-corrected chi connectivity index (χ4v) is 11.2. The quantitative estimate of drug-likeness (QED) is 0.340. The second-order valence-electron chi connectivity index (χ2n) is 4.77. The van der Waals surface area contributed by atoms with Crippen LogP contribution in [0, 0.1) is 0 Å². The molecule has 0 aromatic rings. The van der Waals surface area contributed by atoms with Gasteiger partial charge in [0.05, 0.1) is 0 Å². The molecule has 0 rings (SSSR count). The van der Waals surface area contributed by atoms with Crippen LogP contribution in [0.3, 0.4) is 0 Å². The summed E-state index contributed by atoms with van der Waals surface area (Å²) in [5.41, 5.74) is 0. The summed E-state index contributed by atoms with van der Waals surface area (Å²) in [6.07, 6.45) is 11.9. The Morgan fingerprint density at radius 2 is 1.00 bits per heavy atom. The Hall–Kier alpha value is 0.799. The third kappa shape index (κ3) is 11.1. The third-order valence-electron chi connectivity index (χ3n) is 3.15. The van der Waals surface area contributed by atoms with E-state index in [0.29, 0.717) is 0 Å². The van der Waals surface area contributed by atoms with E-state index in [9.17, 15) is 0 Å². The molecule has 0 unspecified atom stereocenters. The molecule has 0 spiro atoms. The zero-order valence-electron chi connectivity index (χ0n) is 11.3. The van der Waals surface area contributed by atoms with Crippen LogP contribution in [0.25, 0.3) is 0 Å². The van der Waals surface area contributed by atoms with Gasteiger partial charge in [0.25, 0.3) is 0 Å². The van der Waals surface area contributed by atoms with Gasteiger partial charge >= 0.3 is 105 Å². The van der Waals surface area contributed by atoms with Crippen molar-refractivity contribution in [2.24, 2.45) is 0 Å². The summed E-state index contributed by atoms with van der Waals surface area (Å²) in [6.45, 7) is 7.00. The standard InChI is InChI=1S/C6H13.2C4H9.Sn/c1-3-5-6-4-2;2*1-3-4-2;/h1,3-6H2,2H3;2*1,3-4H2,2H3;. The maximum atomic E-state index is 2.34. The summed E-state index contributed by atoms with van der Waals surface area (Å²) in [5.74, 6) is 0. The van der Waals surface area contributed by atoms with Crippen LogP contribution in [0.2, 0.25) is 13.3 Å². The first-order chi connectivity index (χ1) is 7.35. The van der Waals surface area contributed by atoms with Crippen molar-refractivity contribution in [3.8, 4) is 0 Å². The molecule has 91 valence electrons. The molecule has 0 bridgehead atoms. The number of hydrogen-bond donors (Lipinski definition) is 0. The van der Waals surface area contributed by atoms with Crippen LogP contribution in [-0.4, -0.2) is 19.8 Å². The molecule has 0 N–H and O–H groups in total. The topological polar surface area (TPSA) is 0 Å². The van der Waals surface area contributed by atoms with Crippen LogP contribution in [0.1, 0.15) is 72.1 Å². The van der Waals surface area contributed by atoms with E-state index in [1.54, 1.807) is 19.7 Å². The second-order valence-corrected chi connectivity index (χ2v) is 13.3. The van der Waals surface area contributed by atoms with Crippen molar-refractivity contribution in [1.82, 2.24) is 0 Å². The van der Waals surface area contributed by atoms with Gasteiger partial charge in [-0.1, -0.05) is 0 Å². The van der Waals surface area contributed by atoms with Crippen LogP contribution < -0.4 is 0 Å². The Labute approximate surface area is 105 Å². The average Bonchev–Trinajstić information content (AvgIpc) is 2.27. The molecule has 0 nitrogen and oxygen atoms in total. The summed E-state index contributed by atoms with van der Waals surface area (Å²) in [7, 11) is 0. The minimum absolute atomic E-state index is 0.875. The summed E-state index contributed by atoms with van der Waals surface area (Å²) in [5, 5.41) is 0. The van der Waals surface area contributed by atoms with E-state index < -0.39 is 19.8 Å². The maximum absolute atomic E-state index is 2.34. The van der Waals surface area contributed by atoms with E-state index in [2.05, 4.69) is 20.8 Å². The van der Waals surface area contributed by atoms with E-state index in [1.807, 2.05) is 0 Å². The third-order valence-corrected chi connectivity index (χ3v) is 12.2. The van der Waals surface area contributed by atoms with Gasteiger partial charge in [-0.25, -0.2) is 0 Å². The monoisotopic (exact) mass is 319 g/mol. The second kappa shape index (κ2) is 12.9. The number of hydrogen-bond acceptors (Lipinski definition) is 0. The molecule has 1 radical (unpaired) electrons. The van der Waals surface area contributed by atoms with Gasteiger partial charge in [0.2, 0.25) is 0 Å². The number of unbranched alkanes of at least 4 members (excludes halogenated alkanes) is 5. The van der Waals surface area contributed by atoms with Crippen molar-refractivity contribution >= 4 is 19.8 Å². The molecular formula is C14H31Sn. The van der Waals surface area contributed by atoms with E-state index in [0.717, 1.165) is 0 Å². The van der Waals surface area contributed by atoms with Gasteiger partial charge in [-0.15, -0.1) is 0 Å². The summed E-state index contributed by atoms with van der Waals surface area (Å²) in [4.78, 5) is 0. The van der Waals surface area contributed by atoms with Crippen molar-refractivity contribution in [3.63, 3.8) is 0 Å². The van der Waals surface area contributed by atoms with Crippen molar-refractivity contribution < 1.29 is 0 Å². The molecule has 15 heavy (non-hydrogen) atoms. The molecule has 0 aliphatic carbocycles. The van der Waals surface area contributed by atoms with Crippen LogP contribution in [0.15, 0.2) is 0 Å². The first-order valence-corrected chi connectivity index (χ1v) is 13.2. The molecule has 0 fully saturated rings. The van der Waals surface area contributed by atoms with Crippen molar-refractivity contribution in [2.45, 2.75) is 85.4 Å². The molecule has 0 amide bonds. The van der Waals surface area contributed by atoms with E-state index in [4.69, 9.17) is 0 Å². The van der Waals surface area contributed by atoms with Gasteiger partial charge < -0.3 is 0 Å². The molecule has 0 saturated heterocycles. The van der Waals surface area contributed by atoms with E-state index in [-0.39, 0.29) is 0 Å². The van der Waals surface area contributed by atoms with Gasteiger partial charge in [0, 0.05) is 0 Å². The van der Waals surface area contributed by atoms with Crippen molar-refractivity contribution in [3.05, 3.63) is 0 Å². The first-order valence-electron chi connectivity index (χ1n) is 7.18. The van der Waals surface area contributed by atoms with E-state index in [1.165, 1.54) is 44.9 Å². The summed E-state index contributed by atoms with van der Waals surface area (Å²) < 4.78 is 5.07. The van der Waals surface area contributed by atoms with Crippen LogP contribution in [-0.2, 0) is 0 Å². The zero-order valence-corrected chi connectivity index (χ0v) is 14.1. The SMILES string of the molecule is CCCCC[CH2][Sn]([CH2]CCC)[CH2]CCC. The Kier molecular flexibility index (Phi) is 13.6. The van der Waals surface area contributed by atoms with Gasteiger partial charge in [0.1, 0.15) is 0 Å². The molecule has 0 heterocycles. The van der Waals surface area contributed by atoms with Crippen LogP contribution in [0.4, 0.5) is 0 Å². The van der Waals surface area contributed by atoms with Gasteiger partial charge in [-0.3, -0.25) is 0 Å². The normalized spacial score (nSPS) is 11.2. The fraction of sp³-hybridized carbons (Fsp3) is 1.00. The molecular weight excluding hydrogens is 287 g/mol. The van der Waals surface area contributed by atoms with Crippen LogP contribution >= 0.6 is 0 Å². The van der Waals surface area contributed by atoms with Crippen molar-refractivity contribution in [1.29, 1.82) is 0 Å². The zero-order chi connectivity index (χ0) is 11.4. The Bertz CT molecular complexity index is 104. The molecule has 0 aliphatic rings. The molecule has 0 saturated carbocycles. The summed E-state index contributed by atoms with van der Waals surface area (Å²) >= 11 is -0.875. The molecule has 0 aliphatic heterocycles. The Morgan fingerprint density at radius 1 is 0.533 bits per heavy atom. The van der Waals surface area contributed by atoms with Gasteiger partial charge in [0.15, 0.2) is 0 Å².